The highest BCUT2D eigenvalue weighted by Gasteiger charge is 2.69. The molecule has 0 radical (unpaired) electrons. The average Bonchev–Trinajstić information content (AvgIpc) is 3.20. The Kier molecular flexibility index (Phi) is 6.76. The van der Waals surface area contributed by atoms with Crippen molar-refractivity contribution in [2.24, 2.45) is 50.7 Å². The lowest BCUT2D eigenvalue weighted by Crippen LogP contribution is -2.66. The Labute approximate surface area is 232 Å². The summed E-state index contributed by atoms with van der Waals surface area (Å²) in [5.41, 5.74) is 4.29. The van der Waals surface area contributed by atoms with Gasteiger partial charge in [-0.25, -0.2) is 0 Å². The molecule has 4 saturated carbocycles. The van der Waals surface area contributed by atoms with Crippen LogP contribution in [-0.4, -0.2) is 24.6 Å². The number of ether oxygens (including phenoxy) is 2. The van der Waals surface area contributed by atoms with Gasteiger partial charge in [-0.15, -0.1) is 0 Å². The van der Waals surface area contributed by atoms with Gasteiger partial charge in [0.05, 0.1) is 0 Å². The monoisotopic (exact) mass is 526 g/mol. The highest BCUT2D eigenvalue weighted by atomic mass is 16.5. The van der Waals surface area contributed by atoms with E-state index in [1.807, 2.05) is 0 Å². The summed E-state index contributed by atoms with van der Waals surface area (Å²) in [6, 6.07) is 0. The Morgan fingerprint density at radius 1 is 0.816 bits per heavy atom. The van der Waals surface area contributed by atoms with Gasteiger partial charge in [0.1, 0.15) is 12.7 Å². The zero-order chi connectivity index (χ0) is 27.9. The molecule has 7 unspecified atom stereocenters. The molecule has 0 aromatic heterocycles. The van der Waals surface area contributed by atoms with Crippen LogP contribution in [0.4, 0.5) is 0 Å². The van der Waals surface area contributed by atoms with Crippen molar-refractivity contribution in [3.8, 4) is 0 Å². The van der Waals surface area contributed by atoms with Crippen LogP contribution in [0.2, 0.25) is 0 Å². The molecular formula is C34H54O4. The minimum atomic E-state index is -0.140. The number of hydrogen-bond donors (Lipinski definition) is 0. The maximum atomic E-state index is 11.9. The van der Waals surface area contributed by atoms with Crippen molar-refractivity contribution < 1.29 is 19.1 Å². The first-order valence-corrected chi connectivity index (χ1v) is 15.7. The van der Waals surface area contributed by atoms with Gasteiger partial charge in [0.25, 0.3) is 0 Å². The third-order valence-electron chi connectivity index (χ3n) is 13.6. The van der Waals surface area contributed by atoms with Gasteiger partial charge in [-0.2, -0.15) is 0 Å². The summed E-state index contributed by atoms with van der Waals surface area (Å²) in [7, 11) is 0. The van der Waals surface area contributed by atoms with Crippen LogP contribution in [0.15, 0.2) is 11.1 Å². The van der Waals surface area contributed by atoms with E-state index >= 15 is 0 Å². The van der Waals surface area contributed by atoms with Crippen molar-refractivity contribution >= 4 is 11.9 Å². The number of allylic oxidation sites excluding steroid dienone is 1. The molecule has 4 heteroatoms. The van der Waals surface area contributed by atoms with E-state index in [1.165, 1.54) is 38.5 Å². The van der Waals surface area contributed by atoms with E-state index < -0.39 is 0 Å². The summed E-state index contributed by atoms with van der Waals surface area (Å²) in [6.45, 7) is 21.1. The number of fused-ring (bicyclic) bond motifs is 7. The summed E-state index contributed by atoms with van der Waals surface area (Å²) in [5.74, 6) is 2.15. The van der Waals surface area contributed by atoms with E-state index in [9.17, 15) is 9.59 Å². The Hall–Kier alpha value is -1.32. The zero-order valence-electron chi connectivity index (χ0n) is 25.8. The lowest BCUT2D eigenvalue weighted by molar-refractivity contribution is -0.233. The first-order valence-electron chi connectivity index (χ1n) is 15.7. The van der Waals surface area contributed by atoms with Crippen molar-refractivity contribution in [2.45, 2.75) is 133 Å². The molecule has 5 rings (SSSR count). The molecule has 4 fully saturated rings. The molecule has 0 spiro atoms. The predicted molar refractivity (Wildman–Crippen MR) is 151 cm³/mol. The second-order valence-electron chi connectivity index (χ2n) is 15.7. The van der Waals surface area contributed by atoms with Gasteiger partial charge in [0.15, 0.2) is 0 Å². The van der Waals surface area contributed by atoms with Crippen molar-refractivity contribution in [1.82, 2.24) is 0 Å². The van der Waals surface area contributed by atoms with Gasteiger partial charge in [0, 0.05) is 24.7 Å². The smallest absolute Gasteiger partial charge is 0.302 e. The molecule has 0 amide bonds. The topological polar surface area (TPSA) is 52.6 Å². The average molecular weight is 527 g/mol. The highest BCUT2D eigenvalue weighted by molar-refractivity contribution is 5.66. The van der Waals surface area contributed by atoms with Crippen molar-refractivity contribution in [3.05, 3.63) is 11.1 Å². The van der Waals surface area contributed by atoms with Gasteiger partial charge >= 0.3 is 11.9 Å². The van der Waals surface area contributed by atoms with Gasteiger partial charge in [-0.1, -0.05) is 59.6 Å². The highest BCUT2D eigenvalue weighted by Crippen LogP contribution is 2.76. The lowest BCUT2D eigenvalue weighted by atomic mass is 9.33. The third kappa shape index (κ3) is 3.80. The van der Waals surface area contributed by atoms with Crippen molar-refractivity contribution in [1.29, 1.82) is 0 Å². The fraction of sp³-hybridized carbons (Fsp3) is 0.882. The second kappa shape index (κ2) is 9.10. The summed E-state index contributed by atoms with van der Waals surface area (Å²) in [6.07, 6.45) is 11.9. The molecule has 8 atom stereocenters. The molecule has 0 heterocycles. The van der Waals surface area contributed by atoms with Gasteiger partial charge in [-0.3, -0.25) is 9.59 Å². The molecular weight excluding hydrogens is 472 g/mol. The Morgan fingerprint density at radius 2 is 1.53 bits per heavy atom. The molecule has 0 bridgehead atoms. The quantitative estimate of drug-likeness (QED) is 0.273. The number of carbonyl (C=O) groups is 2. The molecule has 0 N–H and O–H groups in total. The van der Waals surface area contributed by atoms with Crippen LogP contribution in [0.1, 0.15) is 127 Å². The molecule has 4 nitrogen and oxygen atoms in total. The summed E-state index contributed by atoms with van der Waals surface area (Å²) in [4.78, 5) is 23.8. The normalized spacial score (nSPS) is 45.5. The maximum absolute atomic E-state index is 11.9. The summed E-state index contributed by atoms with van der Waals surface area (Å²) in [5, 5.41) is 0. The van der Waals surface area contributed by atoms with E-state index in [-0.39, 0.29) is 45.1 Å². The summed E-state index contributed by atoms with van der Waals surface area (Å²) < 4.78 is 11.7. The zero-order valence-corrected chi connectivity index (χ0v) is 25.8. The minimum absolute atomic E-state index is 0.00228. The Bertz CT molecular complexity index is 1020. The van der Waals surface area contributed by atoms with Crippen LogP contribution >= 0.6 is 0 Å². The van der Waals surface area contributed by atoms with Crippen LogP contribution in [0.25, 0.3) is 0 Å². The van der Waals surface area contributed by atoms with Crippen molar-refractivity contribution in [3.63, 3.8) is 0 Å². The number of esters is 2. The molecule has 5 aliphatic rings. The predicted octanol–water partition coefficient (Wildman–Crippen LogP) is 8.28. The fourth-order valence-corrected chi connectivity index (χ4v) is 11.6. The summed E-state index contributed by atoms with van der Waals surface area (Å²) >= 11 is 0. The Morgan fingerprint density at radius 3 is 2.16 bits per heavy atom. The van der Waals surface area contributed by atoms with E-state index in [1.54, 1.807) is 25.0 Å². The molecule has 0 aromatic carbocycles. The van der Waals surface area contributed by atoms with Gasteiger partial charge < -0.3 is 9.47 Å². The largest absolute Gasteiger partial charge is 0.465 e. The van der Waals surface area contributed by atoms with Crippen LogP contribution in [-0.2, 0) is 19.1 Å². The molecule has 5 aliphatic carbocycles. The maximum Gasteiger partial charge on any atom is 0.302 e. The SMILES string of the molecule is CC(=O)OCC12CCC(C(C)C)=C1C1CCC3C4(C)CCC(OC(C)=O)C(C)(C)C4CCC3(C)[C@]1(C)CC2. The van der Waals surface area contributed by atoms with Crippen LogP contribution in [0.5, 0.6) is 0 Å². The van der Waals surface area contributed by atoms with E-state index in [4.69, 9.17) is 9.47 Å². The van der Waals surface area contributed by atoms with Gasteiger partial charge in [0.2, 0.25) is 0 Å². The fourth-order valence-electron chi connectivity index (χ4n) is 11.6. The van der Waals surface area contributed by atoms with E-state index in [0.717, 1.165) is 25.7 Å². The van der Waals surface area contributed by atoms with Crippen LogP contribution in [0.3, 0.4) is 0 Å². The third-order valence-corrected chi connectivity index (χ3v) is 13.6. The van der Waals surface area contributed by atoms with Crippen molar-refractivity contribution in [2.75, 3.05) is 6.61 Å². The number of rotatable bonds is 4. The van der Waals surface area contributed by atoms with Crippen LogP contribution < -0.4 is 0 Å². The van der Waals surface area contributed by atoms with E-state index in [0.29, 0.717) is 30.3 Å². The lowest BCUT2D eigenvalue weighted by Gasteiger charge is -2.72. The minimum Gasteiger partial charge on any atom is -0.465 e. The van der Waals surface area contributed by atoms with Crippen LogP contribution in [0, 0.1) is 50.7 Å². The molecule has 0 saturated heterocycles. The molecule has 0 aliphatic heterocycles. The first kappa shape index (κ1) is 28.2. The number of carbonyl (C=O) groups excluding carboxylic acids is 2. The molecule has 214 valence electrons. The first-order chi connectivity index (χ1) is 17.6. The molecule has 38 heavy (non-hydrogen) atoms. The molecule has 0 aromatic rings. The van der Waals surface area contributed by atoms with E-state index in [2.05, 4.69) is 48.5 Å². The number of hydrogen-bond acceptors (Lipinski definition) is 4. The standard InChI is InChI=1S/C34H54O4/c1-21(2)24-12-17-34(20-37-22(3)35)19-18-32(8)25(29(24)34)10-11-27-31(7)15-14-28(38-23(4)36)30(5,6)26(31)13-16-33(27,32)9/h21,25-28H,10-20H2,1-9H3/t25?,26?,27?,28?,31?,32-,33?,34?/m1/s1. The van der Waals surface area contributed by atoms with Gasteiger partial charge in [-0.05, 0) is 104 Å². The second-order valence-corrected chi connectivity index (χ2v) is 15.7. The Balaban J connectivity index is 1.52.